The lowest BCUT2D eigenvalue weighted by molar-refractivity contribution is -0.144. The SMILES string of the molecule is CNc1cc(NC2CCCNC2=O)nc(C(F)(F)F)n1. The van der Waals surface area contributed by atoms with Gasteiger partial charge in [0.15, 0.2) is 0 Å². The lowest BCUT2D eigenvalue weighted by Crippen LogP contribution is -2.44. The van der Waals surface area contributed by atoms with E-state index < -0.39 is 18.0 Å². The molecule has 20 heavy (non-hydrogen) atoms. The molecule has 0 saturated carbocycles. The van der Waals surface area contributed by atoms with Gasteiger partial charge in [0.2, 0.25) is 11.7 Å². The van der Waals surface area contributed by atoms with Crippen LogP contribution in [0.5, 0.6) is 0 Å². The third-order valence-corrected chi connectivity index (χ3v) is 2.84. The molecule has 1 unspecified atom stereocenters. The number of aromatic nitrogens is 2. The van der Waals surface area contributed by atoms with Gasteiger partial charge in [-0.1, -0.05) is 0 Å². The van der Waals surface area contributed by atoms with Crippen LogP contribution < -0.4 is 16.0 Å². The van der Waals surface area contributed by atoms with Crippen molar-refractivity contribution >= 4 is 17.5 Å². The first-order chi connectivity index (χ1) is 9.40. The minimum absolute atomic E-state index is 0.0290. The van der Waals surface area contributed by atoms with Gasteiger partial charge in [0.25, 0.3) is 0 Å². The number of alkyl halides is 3. The molecule has 2 rings (SSSR count). The van der Waals surface area contributed by atoms with Gasteiger partial charge in [-0.25, -0.2) is 9.97 Å². The zero-order valence-electron chi connectivity index (χ0n) is 10.7. The number of nitrogens with zero attached hydrogens (tertiary/aromatic N) is 2. The van der Waals surface area contributed by atoms with E-state index in [-0.39, 0.29) is 17.5 Å². The third-order valence-electron chi connectivity index (χ3n) is 2.84. The number of piperidine rings is 1. The Bertz CT molecular complexity index is 505. The fourth-order valence-electron chi connectivity index (χ4n) is 1.86. The summed E-state index contributed by atoms with van der Waals surface area (Å²) in [5.74, 6) is -1.48. The normalized spacial score (nSPS) is 19.4. The van der Waals surface area contributed by atoms with E-state index in [9.17, 15) is 18.0 Å². The first-order valence-corrected chi connectivity index (χ1v) is 6.08. The maximum atomic E-state index is 12.7. The second kappa shape index (κ2) is 5.51. The van der Waals surface area contributed by atoms with Crippen LogP contribution in [0.1, 0.15) is 18.7 Å². The summed E-state index contributed by atoms with van der Waals surface area (Å²) in [6, 6.07) is 0.751. The highest BCUT2D eigenvalue weighted by atomic mass is 19.4. The monoisotopic (exact) mass is 289 g/mol. The fourth-order valence-corrected chi connectivity index (χ4v) is 1.86. The maximum Gasteiger partial charge on any atom is 0.451 e. The van der Waals surface area contributed by atoms with Gasteiger partial charge in [-0.05, 0) is 12.8 Å². The Balaban J connectivity index is 2.24. The summed E-state index contributed by atoms with van der Waals surface area (Å²) >= 11 is 0. The predicted octanol–water partition coefficient (Wildman–Crippen LogP) is 1.23. The van der Waals surface area contributed by atoms with Crippen LogP contribution in [0.15, 0.2) is 6.07 Å². The largest absolute Gasteiger partial charge is 0.451 e. The molecule has 9 heteroatoms. The third kappa shape index (κ3) is 3.28. The van der Waals surface area contributed by atoms with Crippen LogP contribution in [-0.2, 0) is 11.0 Å². The van der Waals surface area contributed by atoms with Gasteiger partial charge in [-0.2, -0.15) is 13.2 Å². The van der Waals surface area contributed by atoms with Crippen LogP contribution in [0.2, 0.25) is 0 Å². The minimum Gasteiger partial charge on any atom is -0.373 e. The summed E-state index contributed by atoms with van der Waals surface area (Å²) in [7, 11) is 1.46. The van der Waals surface area contributed by atoms with E-state index in [4.69, 9.17) is 0 Å². The fraction of sp³-hybridized carbons (Fsp3) is 0.545. The lowest BCUT2D eigenvalue weighted by atomic mass is 10.1. The molecule has 6 nitrogen and oxygen atoms in total. The number of rotatable bonds is 3. The molecule has 0 bridgehead atoms. The lowest BCUT2D eigenvalue weighted by Gasteiger charge is -2.23. The number of hydrogen-bond acceptors (Lipinski definition) is 5. The summed E-state index contributed by atoms with van der Waals surface area (Å²) in [6.07, 6.45) is -3.33. The number of anilines is 2. The van der Waals surface area contributed by atoms with E-state index in [2.05, 4.69) is 25.9 Å². The quantitative estimate of drug-likeness (QED) is 0.780. The molecule has 0 aromatic carbocycles. The van der Waals surface area contributed by atoms with Gasteiger partial charge in [-0.15, -0.1) is 0 Å². The average molecular weight is 289 g/mol. The maximum absolute atomic E-state index is 12.7. The smallest absolute Gasteiger partial charge is 0.373 e. The zero-order valence-corrected chi connectivity index (χ0v) is 10.7. The zero-order chi connectivity index (χ0) is 14.8. The molecule has 0 spiro atoms. The Morgan fingerprint density at radius 2 is 2.05 bits per heavy atom. The summed E-state index contributed by atoms with van der Waals surface area (Å²) < 4.78 is 38.0. The number of carbonyl (C=O) groups excluding carboxylic acids is 1. The number of nitrogens with one attached hydrogen (secondary N) is 3. The summed E-state index contributed by atoms with van der Waals surface area (Å²) in [4.78, 5) is 18.3. The molecular formula is C11H14F3N5O. The molecule has 1 aromatic rings. The van der Waals surface area contributed by atoms with Crippen LogP contribution in [-0.4, -0.2) is 35.5 Å². The average Bonchev–Trinajstić information content (AvgIpc) is 2.40. The molecule has 1 aliphatic rings. The highest BCUT2D eigenvalue weighted by molar-refractivity contribution is 5.85. The van der Waals surface area contributed by atoms with Crippen LogP contribution >= 0.6 is 0 Å². The second-order valence-corrected chi connectivity index (χ2v) is 4.34. The van der Waals surface area contributed by atoms with Gasteiger partial charge >= 0.3 is 6.18 Å². The van der Waals surface area contributed by atoms with Crippen molar-refractivity contribution < 1.29 is 18.0 Å². The van der Waals surface area contributed by atoms with E-state index in [1.807, 2.05) is 0 Å². The first kappa shape index (κ1) is 14.4. The molecular weight excluding hydrogens is 275 g/mol. The van der Waals surface area contributed by atoms with Gasteiger partial charge in [-0.3, -0.25) is 4.79 Å². The number of hydrogen-bond donors (Lipinski definition) is 3. The minimum atomic E-state index is -4.64. The predicted molar refractivity (Wildman–Crippen MR) is 66.2 cm³/mol. The number of amides is 1. The standard InChI is InChI=1S/C11H14F3N5O/c1-15-7-5-8(19-10(18-7)11(12,13)14)17-6-3-2-4-16-9(6)20/h5-6H,2-4H2,1H3,(H,16,20)(H2,15,17,18,19). The van der Waals surface area contributed by atoms with Crippen molar-refractivity contribution in [1.82, 2.24) is 15.3 Å². The van der Waals surface area contributed by atoms with Crippen LogP contribution in [0, 0.1) is 0 Å². The van der Waals surface area contributed by atoms with Gasteiger partial charge < -0.3 is 16.0 Å². The molecule has 1 amide bonds. The molecule has 1 aliphatic heterocycles. The Labute approximate surface area is 113 Å². The summed E-state index contributed by atoms with van der Waals surface area (Å²) in [5.41, 5.74) is 0. The molecule has 2 heterocycles. The van der Waals surface area contributed by atoms with E-state index in [1.54, 1.807) is 0 Å². The van der Waals surface area contributed by atoms with Crippen molar-refractivity contribution in [2.75, 3.05) is 24.2 Å². The van der Waals surface area contributed by atoms with Crippen molar-refractivity contribution in [3.63, 3.8) is 0 Å². The Hall–Kier alpha value is -2.06. The van der Waals surface area contributed by atoms with E-state index in [0.717, 1.165) is 6.42 Å². The van der Waals surface area contributed by atoms with Crippen molar-refractivity contribution in [2.45, 2.75) is 25.1 Å². The van der Waals surface area contributed by atoms with E-state index in [1.165, 1.54) is 13.1 Å². The first-order valence-electron chi connectivity index (χ1n) is 6.08. The van der Waals surface area contributed by atoms with Crippen LogP contribution in [0.4, 0.5) is 24.8 Å². The Kier molecular flexibility index (Phi) is 3.96. The molecule has 110 valence electrons. The summed E-state index contributed by atoms with van der Waals surface area (Å²) in [5, 5.41) is 7.89. The van der Waals surface area contributed by atoms with Gasteiger partial charge in [0.05, 0.1) is 0 Å². The number of carbonyl (C=O) groups is 1. The highest BCUT2D eigenvalue weighted by Gasteiger charge is 2.35. The number of halogens is 3. The summed E-state index contributed by atoms with van der Waals surface area (Å²) in [6.45, 7) is 0.580. The highest BCUT2D eigenvalue weighted by Crippen LogP contribution is 2.28. The van der Waals surface area contributed by atoms with Crippen LogP contribution in [0.25, 0.3) is 0 Å². The van der Waals surface area contributed by atoms with E-state index in [0.29, 0.717) is 13.0 Å². The molecule has 0 radical (unpaired) electrons. The molecule has 1 fully saturated rings. The topological polar surface area (TPSA) is 78.9 Å². The van der Waals surface area contributed by atoms with Gasteiger partial charge in [0.1, 0.15) is 17.7 Å². The molecule has 1 saturated heterocycles. The van der Waals surface area contributed by atoms with Crippen molar-refractivity contribution in [2.24, 2.45) is 0 Å². The van der Waals surface area contributed by atoms with E-state index >= 15 is 0 Å². The molecule has 1 atom stereocenters. The second-order valence-electron chi connectivity index (χ2n) is 4.34. The molecule has 0 aliphatic carbocycles. The van der Waals surface area contributed by atoms with Gasteiger partial charge in [0, 0.05) is 19.7 Å². The Morgan fingerprint density at radius 3 is 2.65 bits per heavy atom. The van der Waals surface area contributed by atoms with Crippen molar-refractivity contribution in [3.8, 4) is 0 Å². The Morgan fingerprint density at radius 1 is 1.35 bits per heavy atom. The van der Waals surface area contributed by atoms with Crippen molar-refractivity contribution in [3.05, 3.63) is 11.9 Å². The van der Waals surface area contributed by atoms with Crippen LogP contribution in [0.3, 0.4) is 0 Å². The van der Waals surface area contributed by atoms with Crippen molar-refractivity contribution in [1.29, 1.82) is 0 Å². The molecule has 1 aromatic heterocycles. The molecule has 3 N–H and O–H groups in total.